The Hall–Kier alpha value is -2.67. The highest BCUT2D eigenvalue weighted by molar-refractivity contribution is 7.09. The van der Waals surface area contributed by atoms with Crippen LogP contribution in [0.1, 0.15) is 17.7 Å². The third kappa shape index (κ3) is 3.80. The highest BCUT2D eigenvalue weighted by atomic mass is 32.1. The third-order valence-corrected chi connectivity index (χ3v) is 6.32. The number of fused-ring (bicyclic) bond motifs is 1. The Morgan fingerprint density at radius 3 is 2.75 bits per heavy atom. The first-order valence-electron chi connectivity index (χ1n) is 9.64. The van der Waals surface area contributed by atoms with Gasteiger partial charge in [-0.25, -0.2) is 4.98 Å². The molecule has 0 spiro atoms. The van der Waals surface area contributed by atoms with Crippen LogP contribution in [0.4, 0.5) is 5.82 Å². The second kappa shape index (κ2) is 8.14. The number of para-hydroxylation sites is 2. The Morgan fingerprint density at radius 1 is 1.21 bits per heavy atom. The average molecular weight is 397 g/mol. The number of hydrogen-bond donors (Lipinski definition) is 1. The molecular weight excluding hydrogens is 372 g/mol. The second-order valence-electron chi connectivity index (χ2n) is 7.17. The Bertz CT molecular complexity index is 1020. The summed E-state index contributed by atoms with van der Waals surface area (Å²) in [5.41, 5.74) is 1.56. The van der Waals surface area contributed by atoms with Gasteiger partial charge in [0.2, 0.25) is 5.91 Å². The second-order valence-corrected chi connectivity index (χ2v) is 8.20. The first-order chi connectivity index (χ1) is 13.6. The Balaban J connectivity index is 1.37. The minimum Gasteiger partial charge on any atom is -0.355 e. The van der Waals surface area contributed by atoms with Crippen molar-refractivity contribution in [2.45, 2.75) is 19.3 Å². The summed E-state index contributed by atoms with van der Waals surface area (Å²) in [6.45, 7) is 2.01. The van der Waals surface area contributed by atoms with Gasteiger partial charge in [0, 0.05) is 37.5 Å². The van der Waals surface area contributed by atoms with Crippen LogP contribution in [0.5, 0.6) is 0 Å². The average Bonchev–Trinajstić information content (AvgIpc) is 3.24. The number of nitrogens with one attached hydrogen (secondary N) is 1. The lowest BCUT2D eigenvalue weighted by Crippen LogP contribution is -2.43. The molecule has 1 fully saturated rings. The molecule has 3 heterocycles. The molecule has 7 heteroatoms. The first kappa shape index (κ1) is 18.7. The van der Waals surface area contributed by atoms with Gasteiger partial charge in [0.1, 0.15) is 0 Å². The fourth-order valence-corrected chi connectivity index (χ4v) is 4.44. The van der Waals surface area contributed by atoms with Crippen molar-refractivity contribution in [2.24, 2.45) is 13.0 Å². The largest absolute Gasteiger partial charge is 0.355 e. The summed E-state index contributed by atoms with van der Waals surface area (Å²) < 4.78 is 1.65. The normalized spacial score (nSPS) is 15.1. The van der Waals surface area contributed by atoms with Gasteiger partial charge >= 0.3 is 0 Å². The molecule has 1 N–H and O–H groups in total. The van der Waals surface area contributed by atoms with E-state index in [2.05, 4.69) is 21.7 Å². The van der Waals surface area contributed by atoms with E-state index in [-0.39, 0.29) is 17.4 Å². The van der Waals surface area contributed by atoms with E-state index in [0.717, 1.165) is 30.3 Å². The van der Waals surface area contributed by atoms with Crippen molar-refractivity contribution >= 4 is 34.1 Å². The SMILES string of the molecule is Cn1c(=O)c(N2CCC(C(=O)NCCc3cccs3)CC2)nc2ccccc21. The zero-order valence-corrected chi connectivity index (χ0v) is 16.7. The molecule has 3 aromatic rings. The summed E-state index contributed by atoms with van der Waals surface area (Å²) in [4.78, 5) is 33.1. The molecule has 0 unspecified atom stereocenters. The van der Waals surface area contributed by atoms with Crippen molar-refractivity contribution < 1.29 is 4.79 Å². The van der Waals surface area contributed by atoms with E-state index in [1.165, 1.54) is 4.88 Å². The number of nitrogens with zero attached hydrogens (tertiary/aromatic N) is 3. The summed E-state index contributed by atoms with van der Waals surface area (Å²) in [5.74, 6) is 0.609. The molecule has 28 heavy (non-hydrogen) atoms. The van der Waals surface area contributed by atoms with E-state index in [9.17, 15) is 9.59 Å². The molecule has 0 radical (unpaired) electrons. The Morgan fingerprint density at radius 2 is 2.00 bits per heavy atom. The van der Waals surface area contributed by atoms with Gasteiger partial charge in [0.25, 0.3) is 5.56 Å². The van der Waals surface area contributed by atoms with Crippen molar-refractivity contribution in [1.82, 2.24) is 14.9 Å². The molecule has 1 saturated heterocycles. The fourth-order valence-electron chi connectivity index (χ4n) is 3.73. The van der Waals surface area contributed by atoms with Crippen LogP contribution in [-0.2, 0) is 18.3 Å². The van der Waals surface area contributed by atoms with Gasteiger partial charge < -0.3 is 14.8 Å². The molecule has 1 amide bonds. The molecule has 6 nitrogen and oxygen atoms in total. The number of carbonyl (C=O) groups is 1. The maximum Gasteiger partial charge on any atom is 0.293 e. The van der Waals surface area contributed by atoms with Gasteiger partial charge in [0.05, 0.1) is 11.0 Å². The maximum absolute atomic E-state index is 12.7. The van der Waals surface area contributed by atoms with Crippen molar-refractivity contribution in [3.8, 4) is 0 Å². The topological polar surface area (TPSA) is 67.2 Å². The summed E-state index contributed by atoms with van der Waals surface area (Å²) in [6, 6.07) is 11.8. The van der Waals surface area contributed by atoms with Crippen molar-refractivity contribution in [3.05, 3.63) is 57.0 Å². The van der Waals surface area contributed by atoms with Gasteiger partial charge in [-0.1, -0.05) is 18.2 Å². The standard InChI is InChI=1S/C21H24N4O2S/c1-24-18-7-3-2-6-17(18)23-19(21(24)27)25-12-9-15(10-13-25)20(26)22-11-8-16-5-4-14-28-16/h2-7,14-15H,8-13H2,1H3,(H,22,26). The highest BCUT2D eigenvalue weighted by Crippen LogP contribution is 2.21. The molecule has 0 saturated carbocycles. The van der Waals surface area contributed by atoms with Gasteiger partial charge in [0.15, 0.2) is 5.82 Å². The number of thiophene rings is 1. The Labute approximate surface area is 167 Å². The zero-order chi connectivity index (χ0) is 19.5. The molecule has 2 aromatic heterocycles. The molecule has 0 aliphatic carbocycles. The molecule has 1 aromatic carbocycles. The smallest absolute Gasteiger partial charge is 0.293 e. The number of aromatic nitrogens is 2. The molecule has 1 aliphatic rings. The quantitative estimate of drug-likeness (QED) is 0.720. The lowest BCUT2D eigenvalue weighted by Gasteiger charge is -2.32. The molecule has 0 bridgehead atoms. The van der Waals surface area contributed by atoms with Crippen LogP contribution in [0.15, 0.2) is 46.6 Å². The number of carbonyl (C=O) groups excluding carboxylic acids is 1. The summed E-state index contributed by atoms with van der Waals surface area (Å²) in [7, 11) is 1.78. The lowest BCUT2D eigenvalue weighted by atomic mass is 9.96. The minimum atomic E-state index is -0.0856. The number of hydrogen-bond acceptors (Lipinski definition) is 5. The van der Waals surface area contributed by atoms with E-state index >= 15 is 0 Å². The van der Waals surface area contributed by atoms with E-state index in [0.29, 0.717) is 25.5 Å². The highest BCUT2D eigenvalue weighted by Gasteiger charge is 2.27. The number of amides is 1. The van der Waals surface area contributed by atoms with E-state index in [4.69, 9.17) is 0 Å². The number of piperidine rings is 1. The summed E-state index contributed by atoms with van der Waals surface area (Å²) >= 11 is 1.71. The van der Waals surface area contributed by atoms with Crippen LogP contribution >= 0.6 is 11.3 Å². The number of anilines is 1. The van der Waals surface area contributed by atoms with E-state index in [1.807, 2.05) is 35.2 Å². The summed E-state index contributed by atoms with van der Waals surface area (Å²) in [6.07, 6.45) is 2.35. The third-order valence-electron chi connectivity index (χ3n) is 5.38. The van der Waals surface area contributed by atoms with Gasteiger partial charge in [-0.05, 0) is 42.8 Å². The zero-order valence-electron chi connectivity index (χ0n) is 15.9. The van der Waals surface area contributed by atoms with Gasteiger partial charge in [-0.2, -0.15) is 0 Å². The van der Waals surface area contributed by atoms with Crippen LogP contribution in [0.2, 0.25) is 0 Å². The van der Waals surface area contributed by atoms with Gasteiger partial charge in [-0.3, -0.25) is 9.59 Å². The van der Waals surface area contributed by atoms with Crippen LogP contribution in [0.25, 0.3) is 11.0 Å². The Kier molecular flexibility index (Phi) is 5.43. The number of benzene rings is 1. The van der Waals surface area contributed by atoms with Crippen LogP contribution in [0.3, 0.4) is 0 Å². The van der Waals surface area contributed by atoms with E-state index < -0.39 is 0 Å². The molecule has 4 rings (SSSR count). The number of rotatable bonds is 5. The molecule has 146 valence electrons. The monoisotopic (exact) mass is 396 g/mol. The van der Waals surface area contributed by atoms with Crippen molar-refractivity contribution in [2.75, 3.05) is 24.5 Å². The molecule has 0 atom stereocenters. The van der Waals surface area contributed by atoms with Crippen LogP contribution in [-0.4, -0.2) is 35.1 Å². The van der Waals surface area contributed by atoms with Crippen molar-refractivity contribution in [3.63, 3.8) is 0 Å². The van der Waals surface area contributed by atoms with Gasteiger partial charge in [-0.15, -0.1) is 11.3 Å². The van der Waals surface area contributed by atoms with E-state index in [1.54, 1.807) is 23.0 Å². The predicted molar refractivity (Wildman–Crippen MR) is 113 cm³/mol. The molecular formula is C21H24N4O2S. The molecule has 1 aliphatic heterocycles. The fraction of sp³-hybridized carbons (Fsp3) is 0.381. The lowest BCUT2D eigenvalue weighted by molar-refractivity contribution is -0.125. The van der Waals surface area contributed by atoms with Crippen molar-refractivity contribution in [1.29, 1.82) is 0 Å². The van der Waals surface area contributed by atoms with Crippen LogP contribution < -0.4 is 15.8 Å². The summed E-state index contributed by atoms with van der Waals surface area (Å²) in [5, 5.41) is 5.11. The number of aryl methyl sites for hydroxylation is 1. The maximum atomic E-state index is 12.7. The van der Waals surface area contributed by atoms with Crippen LogP contribution in [0, 0.1) is 5.92 Å². The minimum absolute atomic E-state index is 0.00361. The first-order valence-corrected chi connectivity index (χ1v) is 10.5. The predicted octanol–water partition coefficient (Wildman–Crippen LogP) is 2.57.